The van der Waals surface area contributed by atoms with Gasteiger partial charge in [0.2, 0.25) is 0 Å². The van der Waals surface area contributed by atoms with E-state index in [1.54, 1.807) is 0 Å². The summed E-state index contributed by atoms with van der Waals surface area (Å²) in [4.78, 5) is 0. The summed E-state index contributed by atoms with van der Waals surface area (Å²) >= 11 is 6.32. The van der Waals surface area contributed by atoms with Crippen LogP contribution in [0.1, 0.15) is 13.8 Å². The molecule has 0 atom stereocenters. The minimum atomic E-state index is 0.746. The number of rotatable bonds is 3. The van der Waals surface area contributed by atoms with Gasteiger partial charge < -0.3 is 4.57 Å². The van der Waals surface area contributed by atoms with Gasteiger partial charge in [-0.15, -0.1) is 0 Å². The first-order valence-corrected chi connectivity index (χ1v) is 15.7. The SMILES string of the molecule is CC.Clc1ccc(-c2cc(-c3cccc(-n4c5ccccc5c5ccccc54)c3)c3ccc4cccc5ccc2c3c54)cc1. The number of fused-ring (bicyclic) bond motifs is 3. The Morgan fingerprint density at radius 1 is 0.432 bits per heavy atom. The molecule has 0 spiro atoms. The highest BCUT2D eigenvalue weighted by atomic mass is 35.5. The van der Waals surface area contributed by atoms with Crippen molar-refractivity contribution in [3.8, 4) is 27.9 Å². The molecule has 0 bridgehead atoms. The molecule has 8 aromatic carbocycles. The molecule has 9 rings (SSSR count). The van der Waals surface area contributed by atoms with E-state index in [9.17, 15) is 0 Å². The van der Waals surface area contributed by atoms with Crippen LogP contribution >= 0.6 is 11.6 Å². The molecule has 0 aliphatic carbocycles. The van der Waals surface area contributed by atoms with Gasteiger partial charge in [-0.3, -0.25) is 0 Å². The van der Waals surface area contributed by atoms with Crippen LogP contribution in [-0.4, -0.2) is 4.57 Å². The molecule has 1 nitrogen and oxygen atoms in total. The molecule has 210 valence electrons. The highest BCUT2D eigenvalue weighted by Crippen LogP contribution is 2.44. The molecule has 0 N–H and O–H groups in total. The van der Waals surface area contributed by atoms with E-state index in [0.717, 1.165) is 16.3 Å². The quantitative estimate of drug-likeness (QED) is 0.182. The maximum Gasteiger partial charge on any atom is 0.0541 e. The van der Waals surface area contributed by atoms with Crippen molar-refractivity contribution in [2.75, 3.05) is 0 Å². The van der Waals surface area contributed by atoms with Gasteiger partial charge in [-0.1, -0.05) is 129 Å². The molecule has 1 aromatic heterocycles. The Morgan fingerprint density at radius 2 is 1.00 bits per heavy atom. The molecule has 9 aromatic rings. The second kappa shape index (κ2) is 10.6. The van der Waals surface area contributed by atoms with Crippen molar-refractivity contribution in [1.29, 1.82) is 0 Å². The van der Waals surface area contributed by atoms with Gasteiger partial charge in [-0.25, -0.2) is 0 Å². The second-order valence-corrected chi connectivity index (χ2v) is 11.5. The van der Waals surface area contributed by atoms with Crippen LogP contribution in [0.3, 0.4) is 0 Å². The molecule has 1 heterocycles. The topological polar surface area (TPSA) is 4.93 Å². The first-order valence-electron chi connectivity index (χ1n) is 15.3. The summed E-state index contributed by atoms with van der Waals surface area (Å²) < 4.78 is 2.39. The molecule has 0 saturated heterocycles. The van der Waals surface area contributed by atoms with E-state index in [1.807, 2.05) is 26.0 Å². The van der Waals surface area contributed by atoms with Gasteiger partial charge in [-0.05, 0) is 97.0 Å². The minimum absolute atomic E-state index is 0.746. The molecule has 44 heavy (non-hydrogen) atoms. The normalized spacial score (nSPS) is 11.5. The fourth-order valence-electron chi connectivity index (χ4n) is 6.95. The smallest absolute Gasteiger partial charge is 0.0541 e. The number of nitrogens with zero attached hydrogens (tertiary/aromatic N) is 1. The monoisotopic (exact) mass is 583 g/mol. The van der Waals surface area contributed by atoms with E-state index < -0.39 is 0 Å². The van der Waals surface area contributed by atoms with Crippen molar-refractivity contribution in [3.63, 3.8) is 0 Å². The summed E-state index contributed by atoms with van der Waals surface area (Å²) in [5.74, 6) is 0. The van der Waals surface area contributed by atoms with E-state index in [4.69, 9.17) is 11.6 Å². The average molecular weight is 584 g/mol. The van der Waals surface area contributed by atoms with E-state index in [0.29, 0.717) is 0 Å². The number of aromatic nitrogens is 1. The third-order valence-corrected chi connectivity index (χ3v) is 9.05. The van der Waals surface area contributed by atoms with Crippen molar-refractivity contribution in [3.05, 3.63) is 151 Å². The van der Waals surface area contributed by atoms with Gasteiger partial charge in [0, 0.05) is 21.5 Å². The maximum atomic E-state index is 6.32. The van der Waals surface area contributed by atoms with Crippen molar-refractivity contribution >= 4 is 65.7 Å². The lowest BCUT2D eigenvalue weighted by molar-refractivity contribution is 1.18. The number of hydrogen-bond donors (Lipinski definition) is 0. The first kappa shape index (κ1) is 26.5. The third-order valence-electron chi connectivity index (χ3n) is 8.80. The van der Waals surface area contributed by atoms with E-state index >= 15 is 0 Å². The number of hydrogen-bond acceptors (Lipinski definition) is 0. The Hall–Kier alpha value is -5.11. The molecule has 0 aliphatic heterocycles. The van der Waals surface area contributed by atoms with Gasteiger partial charge >= 0.3 is 0 Å². The van der Waals surface area contributed by atoms with E-state index in [-0.39, 0.29) is 0 Å². The molecule has 0 radical (unpaired) electrons. The van der Waals surface area contributed by atoms with Crippen LogP contribution in [0.2, 0.25) is 5.02 Å². The molecular formula is C42H30ClN. The van der Waals surface area contributed by atoms with Crippen LogP contribution in [0.15, 0.2) is 146 Å². The Kier molecular flexibility index (Phi) is 6.36. The summed E-state index contributed by atoms with van der Waals surface area (Å²) in [5, 5.41) is 11.0. The Balaban J connectivity index is 0.00000142. The molecular weight excluding hydrogens is 554 g/mol. The average Bonchev–Trinajstić information content (AvgIpc) is 3.43. The van der Waals surface area contributed by atoms with Gasteiger partial charge in [-0.2, -0.15) is 0 Å². The van der Waals surface area contributed by atoms with Crippen LogP contribution in [0, 0.1) is 0 Å². The van der Waals surface area contributed by atoms with Gasteiger partial charge in [0.25, 0.3) is 0 Å². The first-order chi connectivity index (χ1) is 21.7. The number of para-hydroxylation sites is 2. The Morgan fingerprint density at radius 3 is 1.64 bits per heavy atom. The molecule has 0 saturated carbocycles. The lowest BCUT2D eigenvalue weighted by atomic mass is 9.85. The predicted molar refractivity (Wildman–Crippen MR) is 192 cm³/mol. The van der Waals surface area contributed by atoms with Gasteiger partial charge in [0.15, 0.2) is 0 Å². The van der Waals surface area contributed by atoms with Crippen molar-refractivity contribution in [2.45, 2.75) is 13.8 Å². The standard InChI is InChI=1S/C40H24ClN.C2H6/c41-29-19-15-25(16-20-29)35-24-36(34-22-18-27-8-5-7-26-17-21-33(35)40(34)39(26)27)28-9-6-10-30(23-28)42-37-13-3-1-11-31(37)32-12-2-4-14-38(32)42;1-2/h1-24H;1-2H3. The molecule has 0 amide bonds. The highest BCUT2D eigenvalue weighted by molar-refractivity contribution is 6.31. The van der Waals surface area contributed by atoms with Crippen LogP contribution in [0.4, 0.5) is 0 Å². The number of benzene rings is 8. The van der Waals surface area contributed by atoms with E-state index in [2.05, 4.69) is 138 Å². The summed E-state index contributed by atoms with van der Waals surface area (Å²) in [6, 6.07) is 52.7. The largest absolute Gasteiger partial charge is 0.309 e. The zero-order valence-corrected chi connectivity index (χ0v) is 25.4. The highest BCUT2D eigenvalue weighted by Gasteiger charge is 2.18. The predicted octanol–water partition coefficient (Wildman–Crippen LogP) is 12.7. The van der Waals surface area contributed by atoms with Crippen molar-refractivity contribution < 1.29 is 0 Å². The zero-order valence-electron chi connectivity index (χ0n) is 24.7. The maximum absolute atomic E-state index is 6.32. The van der Waals surface area contributed by atoms with Crippen LogP contribution in [-0.2, 0) is 0 Å². The number of halogens is 1. The van der Waals surface area contributed by atoms with Gasteiger partial charge in [0.05, 0.1) is 11.0 Å². The summed E-state index contributed by atoms with van der Waals surface area (Å²) in [6.07, 6.45) is 0. The summed E-state index contributed by atoms with van der Waals surface area (Å²) in [5.41, 5.74) is 8.40. The lowest BCUT2D eigenvalue weighted by Gasteiger charge is -2.19. The van der Waals surface area contributed by atoms with Crippen LogP contribution in [0.25, 0.3) is 82.1 Å². The summed E-state index contributed by atoms with van der Waals surface area (Å²) in [7, 11) is 0. The Bertz CT molecular complexity index is 2400. The molecule has 2 heteroatoms. The fraction of sp³-hybridized carbons (Fsp3) is 0.0476. The molecule has 0 fully saturated rings. The van der Waals surface area contributed by atoms with Crippen LogP contribution < -0.4 is 0 Å². The second-order valence-electron chi connectivity index (χ2n) is 11.1. The minimum Gasteiger partial charge on any atom is -0.309 e. The Labute approximate surface area is 261 Å². The van der Waals surface area contributed by atoms with Gasteiger partial charge in [0.1, 0.15) is 0 Å². The van der Waals surface area contributed by atoms with Crippen molar-refractivity contribution in [2.24, 2.45) is 0 Å². The molecule has 0 unspecified atom stereocenters. The molecule has 0 aliphatic rings. The summed E-state index contributed by atoms with van der Waals surface area (Å²) in [6.45, 7) is 4.00. The lowest BCUT2D eigenvalue weighted by Crippen LogP contribution is -1.95. The van der Waals surface area contributed by atoms with Crippen LogP contribution in [0.5, 0.6) is 0 Å². The zero-order chi connectivity index (χ0) is 29.8. The third kappa shape index (κ3) is 4.01. The van der Waals surface area contributed by atoms with Crippen molar-refractivity contribution in [1.82, 2.24) is 4.57 Å². The van der Waals surface area contributed by atoms with E-state index in [1.165, 1.54) is 70.8 Å². The fourth-order valence-corrected chi connectivity index (χ4v) is 7.08.